The third-order valence-corrected chi connectivity index (χ3v) is 5.35. The maximum atomic E-state index is 12.9. The molecule has 0 aliphatic heterocycles. The van der Waals surface area contributed by atoms with Crippen LogP contribution in [0.1, 0.15) is 27.3 Å². The summed E-state index contributed by atoms with van der Waals surface area (Å²) in [5.41, 5.74) is 1.31. The molecule has 0 atom stereocenters. The van der Waals surface area contributed by atoms with E-state index >= 15 is 0 Å². The largest absolute Gasteiger partial charge is 0.433 e. The average Bonchev–Trinajstić information content (AvgIpc) is 2.86. The van der Waals surface area contributed by atoms with Gasteiger partial charge in [-0.1, -0.05) is 0 Å². The number of nitriles is 1. The fourth-order valence-electron chi connectivity index (χ4n) is 3.45. The minimum atomic E-state index is -4.68. The summed E-state index contributed by atoms with van der Waals surface area (Å²) >= 11 is 0. The van der Waals surface area contributed by atoms with Crippen molar-refractivity contribution < 1.29 is 18.0 Å². The molecule has 0 aliphatic carbocycles. The molecular weight excluding hydrogens is 473 g/mol. The lowest BCUT2D eigenvalue weighted by molar-refractivity contribution is -0.141. The zero-order valence-electron chi connectivity index (χ0n) is 19.0. The Morgan fingerprint density at radius 3 is 2.53 bits per heavy atom. The van der Waals surface area contributed by atoms with Crippen molar-refractivity contribution in [2.75, 3.05) is 5.32 Å². The lowest BCUT2D eigenvalue weighted by Crippen LogP contribution is -2.15. The van der Waals surface area contributed by atoms with Crippen molar-refractivity contribution in [1.29, 1.82) is 5.26 Å². The number of carbonyl (C=O) groups excluding carboxylic acids is 1. The molecule has 4 aromatic rings. The highest BCUT2D eigenvalue weighted by Gasteiger charge is 2.33. The van der Waals surface area contributed by atoms with E-state index in [4.69, 9.17) is 0 Å². The first kappa shape index (κ1) is 24.3. The number of nitrogens with one attached hydrogen (secondary N) is 1. The summed E-state index contributed by atoms with van der Waals surface area (Å²) in [6.45, 7) is 1.72. The average molecular weight is 490 g/mol. The van der Waals surface area contributed by atoms with Gasteiger partial charge in [0.1, 0.15) is 11.8 Å². The highest BCUT2D eigenvalue weighted by Crippen LogP contribution is 2.30. The van der Waals surface area contributed by atoms with Crippen molar-refractivity contribution >= 4 is 11.6 Å². The number of aromatic nitrogens is 4. The topological polar surface area (TPSA) is 114 Å². The van der Waals surface area contributed by atoms with Gasteiger partial charge in [0, 0.05) is 59.7 Å². The van der Waals surface area contributed by atoms with Crippen molar-refractivity contribution in [3.05, 3.63) is 94.1 Å². The molecule has 4 heterocycles. The lowest BCUT2D eigenvalue weighted by atomic mass is 10.0. The molecule has 0 radical (unpaired) electrons. The number of carbonyl (C=O) groups is 1. The van der Waals surface area contributed by atoms with Crippen molar-refractivity contribution in [3.8, 4) is 28.5 Å². The van der Waals surface area contributed by atoms with Crippen LogP contribution in [0.5, 0.6) is 0 Å². The summed E-state index contributed by atoms with van der Waals surface area (Å²) in [5.74, 6) is -0.767. The number of hydrogen-bond acceptors (Lipinski definition) is 6. The molecule has 1 amide bonds. The van der Waals surface area contributed by atoms with E-state index in [1.807, 2.05) is 0 Å². The first-order valence-electron chi connectivity index (χ1n) is 10.5. The van der Waals surface area contributed by atoms with Crippen LogP contribution in [0.3, 0.4) is 0 Å². The summed E-state index contributed by atoms with van der Waals surface area (Å²) in [5, 5.41) is 12.2. The van der Waals surface area contributed by atoms with Crippen molar-refractivity contribution in [3.63, 3.8) is 0 Å². The summed E-state index contributed by atoms with van der Waals surface area (Å²) < 4.78 is 40.2. The first-order chi connectivity index (χ1) is 17.1. The number of halogens is 3. The summed E-state index contributed by atoms with van der Waals surface area (Å²) in [7, 11) is 1.61. The number of anilines is 1. The molecule has 1 N–H and O–H groups in total. The zero-order chi connectivity index (χ0) is 26.0. The third-order valence-electron chi connectivity index (χ3n) is 5.35. The number of pyridine rings is 4. The summed E-state index contributed by atoms with van der Waals surface area (Å²) in [4.78, 5) is 36.4. The van der Waals surface area contributed by atoms with Crippen molar-refractivity contribution in [1.82, 2.24) is 19.5 Å². The summed E-state index contributed by atoms with van der Waals surface area (Å²) in [6, 6.07) is 10.2. The van der Waals surface area contributed by atoms with E-state index in [2.05, 4.69) is 26.3 Å². The van der Waals surface area contributed by atoms with E-state index in [1.165, 1.54) is 29.1 Å². The molecule has 11 heteroatoms. The second-order valence-corrected chi connectivity index (χ2v) is 7.84. The van der Waals surface area contributed by atoms with Crippen LogP contribution in [0, 0.1) is 18.3 Å². The highest BCUT2D eigenvalue weighted by atomic mass is 19.4. The smallest absolute Gasteiger partial charge is 0.321 e. The normalized spacial score (nSPS) is 11.1. The Hall–Kier alpha value is -4.85. The van der Waals surface area contributed by atoms with Gasteiger partial charge in [0.15, 0.2) is 0 Å². The monoisotopic (exact) mass is 490 g/mol. The molecule has 36 heavy (non-hydrogen) atoms. The number of rotatable bonds is 4. The fraction of sp³-hybridized carbons (Fsp3) is 0.120. The van der Waals surface area contributed by atoms with E-state index in [0.29, 0.717) is 34.1 Å². The van der Waals surface area contributed by atoms with Crippen LogP contribution in [0.2, 0.25) is 0 Å². The van der Waals surface area contributed by atoms with E-state index in [-0.39, 0.29) is 22.4 Å². The maximum absolute atomic E-state index is 12.9. The van der Waals surface area contributed by atoms with Crippen LogP contribution in [-0.4, -0.2) is 25.4 Å². The van der Waals surface area contributed by atoms with E-state index in [9.17, 15) is 28.0 Å². The van der Waals surface area contributed by atoms with Crippen LogP contribution in [-0.2, 0) is 13.2 Å². The molecule has 0 spiro atoms. The Balaban J connectivity index is 1.66. The Bertz CT molecular complexity index is 1590. The van der Waals surface area contributed by atoms with Gasteiger partial charge >= 0.3 is 6.18 Å². The van der Waals surface area contributed by atoms with Crippen LogP contribution in [0.4, 0.5) is 18.9 Å². The van der Waals surface area contributed by atoms with Crippen LogP contribution >= 0.6 is 0 Å². The van der Waals surface area contributed by atoms with Gasteiger partial charge in [-0.15, -0.1) is 0 Å². The molecule has 0 saturated carbocycles. The minimum Gasteiger partial charge on any atom is -0.321 e. The molecule has 0 aromatic carbocycles. The second-order valence-electron chi connectivity index (χ2n) is 7.84. The van der Waals surface area contributed by atoms with Crippen molar-refractivity contribution in [2.24, 2.45) is 7.05 Å². The molecule has 8 nitrogen and oxygen atoms in total. The SMILES string of the molecule is Cc1ncc(NC(=O)c2ccnc(C(F)(F)F)c2)cc1-c1cnc(-c2ccn(C)c(=O)c2)c(C#N)c1. The number of alkyl halides is 3. The molecule has 180 valence electrons. The molecule has 0 saturated heterocycles. The molecule has 4 aromatic heterocycles. The van der Waals surface area contributed by atoms with Crippen LogP contribution in [0.25, 0.3) is 22.4 Å². The number of hydrogen-bond donors (Lipinski definition) is 1. The van der Waals surface area contributed by atoms with Gasteiger partial charge in [0.05, 0.1) is 23.1 Å². The van der Waals surface area contributed by atoms with E-state index < -0.39 is 17.8 Å². The molecule has 0 fully saturated rings. The highest BCUT2D eigenvalue weighted by molar-refractivity contribution is 6.04. The van der Waals surface area contributed by atoms with E-state index in [1.54, 1.807) is 38.4 Å². The number of aryl methyl sites for hydroxylation is 2. The predicted molar refractivity (Wildman–Crippen MR) is 125 cm³/mol. The van der Waals surface area contributed by atoms with Gasteiger partial charge in [0.25, 0.3) is 11.5 Å². The third kappa shape index (κ3) is 4.97. The van der Waals surface area contributed by atoms with Gasteiger partial charge in [-0.2, -0.15) is 18.4 Å². The maximum Gasteiger partial charge on any atom is 0.433 e. The second kappa shape index (κ2) is 9.42. The first-order valence-corrected chi connectivity index (χ1v) is 10.5. The molecule has 0 aliphatic rings. The van der Waals surface area contributed by atoms with Crippen molar-refractivity contribution in [2.45, 2.75) is 13.1 Å². The standard InChI is InChI=1S/C25H17F3N6O2/c1-14-20(18-7-17(11-29)23(32-12-18)15-4-6-34(2)22(35)9-15)10-19(13-31-14)33-24(36)16-3-5-30-21(8-16)25(26,27)28/h3-10,12-13H,1-2H3,(H,33,36). The Labute approximate surface area is 202 Å². The van der Waals surface area contributed by atoms with Crippen LogP contribution in [0.15, 0.2) is 66.0 Å². The van der Waals surface area contributed by atoms with Gasteiger partial charge in [-0.25, -0.2) is 0 Å². The lowest BCUT2D eigenvalue weighted by Gasteiger charge is -2.12. The minimum absolute atomic E-state index is 0.216. The van der Waals surface area contributed by atoms with Gasteiger partial charge in [-0.3, -0.25) is 24.5 Å². The predicted octanol–water partition coefficient (Wildman–Crippen LogP) is 4.36. The molecule has 4 rings (SSSR count). The van der Waals surface area contributed by atoms with Gasteiger partial charge in [-0.05, 0) is 37.3 Å². The Morgan fingerprint density at radius 2 is 1.83 bits per heavy atom. The quantitative estimate of drug-likeness (QED) is 0.455. The zero-order valence-corrected chi connectivity index (χ0v) is 19.0. The Kier molecular flexibility index (Phi) is 6.35. The van der Waals surface area contributed by atoms with Gasteiger partial charge in [0.2, 0.25) is 0 Å². The summed E-state index contributed by atoms with van der Waals surface area (Å²) in [6.07, 6.45) is 0.696. The number of nitrogens with zero attached hydrogens (tertiary/aromatic N) is 5. The van der Waals surface area contributed by atoms with Crippen LogP contribution < -0.4 is 10.9 Å². The molecule has 0 unspecified atom stereocenters. The van der Waals surface area contributed by atoms with Gasteiger partial charge < -0.3 is 9.88 Å². The molecule has 0 bridgehead atoms. The molecular formula is C25H17F3N6O2. The fourth-order valence-corrected chi connectivity index (χ4v) is 3.45. The van der Waals surface area contributed by atoms with E-state index in [0.717, 1.165) is 6.20 Å². The Morgan fingerprint density at radius 1 is 1.06 bits per heavy atom. The number of amides is 1.